The van der Waals surface area contributed by atoms with Crippen LogP contribution in [0.15, 0.2) is 24.3 Å². The van der Waals surface area contributed by atoms with Crippen molar-refractivity contribution in [3.8, 4) is 5.75 Å². The van der Waals surface area contributed by atoms with Crippen LogP contribution in [-0.2, 0) is 9.59 Å². The average molecular weight is 348 g/mol. The first-order chi connectivity index (χ1) is 11.8. The molecule has 6 heteroatoms. The van der Waals surface area contributed by atoms with Crippen molar-refractivity contribution < 1.29 is 19.4 Å². The second-order valence-electron chi connectivity index (χ2n) is 6.68. The minimum Gasteiger partial charge on any atom is -0.497 e. The molecule has 1 fully saturated rings. The summed E-state index contributed by atoms with van der Waals surface area (Å²) >= 11 is 0. The van der Waals surface area contributed by atoms with Crippen LogP contribution in [0.3, 0.4) is 0 Å². The molecular weight excluding hydrogens is 320 g/mol. The Kier molecular flexibility index (Phi) is 5.72. The van der Waals surface area contributed by atoms with E-state index in [1.807, 2.05) is 50.1 Å². The fourth-order valence-electron chi connectivity index (χ4n) is 3.86. The molecule has 2 rings (SSSR count). The molecule has 1 heterocycles. The first-order valence-corrected chi connectivity index (χ1v) is 8.67. The molecule has 25 heavy (non-hydrogen) atoms. The zero-order valence-electron chi connectivity index (χ0n) is 15.7. The summed E-state index contributed by atoms with van der Waals surface area (Å²) in [7, 11) is 5.18. The Balaban J connectivity index is 2.49. The van der Waals surface area contributed by atoms with Crippen molar-refractivity contribution in [1.29, 1.82) is 0 Å². The largest absolute Gasteiger partial charge is 0.497 e. The molecule has 0 spiro atoms. The van der Waals surface area contributed by atoms with Crippen LogP contribution in [0.5, 0.6) is 5.75 Å². The highest BCUT2D eigenvalue weighted by atomic mass is 16.5. The second kappa shape index (κ2) is 7.44. The van der Waals surface area contributed by atoms with Crippen molar-refractivity contribution in [3.05, 3.63) is 29.8 Å². The number of rotatable bonds is 6. The maximum atomic E-state index is 12.9. The van der Waals surface area contributed by atoms with Crippen LogP contribution in [0, 0.1) is 5.92 Å². The first kappa shape index (κ1) is 19.2. The molecule has 1 aliphatic heterocycles. The Morgan fingerprint density at radius 2 is 1.92 bits per heavy atom. The van der Waals surface area contributed by atoms with E-state index >= 15 is 0 Å². The number of carboxylic acid groups (broad SMARTS) is 1. The van der Waals surface area contributed by atoms with E-state index in [1.54, 1.807) is 19.1 Å². The van der Waals surface area contributed by atoms with Crippen molar-refractivity contribution in [3.63, 3.8) is 0 Å². The van der Waals surface area contributed by atoms with E-state index in [0.29, 0.717) is 19.4 Å². The minimum atomic E-state index is -1.03. The number of carbonyl (C=O) groups excluding carboxylic acids is 1. The molecule has 1 aromatic rings. The molecule has 0 bridgehead atoms. The number of methoxy groups -OCH3 is 1. The third-order valence-electron chi connectivity index (χ3n) is 5.64. The van der Waals surface area contributed by atoms with Crippen LogP contribution in [0.4, 0.5) is 0 Å². The van der Waals surface area contributed by atoms with E-state index in [0.717, 1.165) is 11.3 Å². The zero-order chi connectivity index (χ0) is 18.8. The van der Waals surface area contributed by atoms with Crippen LogP contribution in [-0.4, -0.2) is 60.1 Å². The van der Waals surface area contributed by atoms with Gasteiger partial charge >= 0.3 is 5.97 Å². The normalized spacial score (nSPS) is 26.4. The SMILES string of the molecule is CCN(C)C(=O)[C@@H]1C[C@](CC)(C(=O)O)N(C)[C@@H]1c1ccc(OC)cc1. The van der Waals surface area contributed by atoms with E-state index in [9.17, 15) is 14.7 Å². The third-order valence-corrected chi connectivity index (χ3v) is 5.64. The van der Waals surface area contributed by atoms with Crippen molar-refractivity contribution in [1.82, 2.24) is 9.80 Å². The minimum absolute atomic E-state index is 0.00765. The van der Waals surface area contributed by atoms with Crippen LogP contribution >= 0.6 is 0 Å². The van der Waals surface area contributed by atoms with Gasteiger partial charge in [0.25, 0.3) is 0 Å². The van der Waals surface area contributed by atoms with Crippen molar-refractivity contribution in [2.75, 3.05) is 27.7 Å². The lowest BCUT2D eigenvalue weighted by atomic mass is 9.87. The summed E-state index contributed by atoms with van der Waals surface area (Å²) in [6, 6.07) is 7.25. The van der Waals surface area contributed by atoms with E-state index in [2.05, 4.69) is 0 Å². The third kappa shape index (κ3) is 3.23. The van der Waals surface area contributed by atoms with Gasteiger partial charge in [0.2, 0.25) is 5.91 Å². The molecule has 1 N–H and O–H groups in total. The van der Waals surface area contributed by atoms with Gasteiger partial charge in [-0.05, 0) is 44.5 Å². The van der Waals surface area contributed by atoms with Crippen LogP contribution < -0.4 is 4.74 Å². The Hall–Kier alpha value is -2.08. The lowest BCUT2D eigenvalue weighted by Crippen LogP contribution is -2.48. The van der Waals surface area contributed by atoms with Gasteiger partial charge in [0, 0.05) is 19.6 Å². The van der Waals surface area contributed by atoms with Gasteiger partial charge in [-0.2, -0.15) is 0 Å². The van der Waals surface area contributed by atoms with E-state index in [1.165, 1.54) is 0 Å². The number of likely N-dealkylation sites (N-methyl/N-ethyl adjacent to an activating group) is 1. The molecule has 1 aromatic carbocycles. The predicted molar refractivity (Wildman–Crippen MR) is 95.6 cm³/mol. The highest BCUT2D eigenvalue weighted by Gasteiger charge is 2.56. The number of carboxylic acids is 1. The summed E-state index contributed by atoms with van der Waals surface area (Å²) in [4.78, 5) is 28.5. The molecule has 0 aromatic heterocycles. The number of benzene rings is 1. The van der Waals surface area contributed by atoms with Gasteiger partial charge in [-0.25, -0.2) is 0 Å². The molecule has 3 atom stereocenters. The Labute approximate surface area is 149 Å². The van der Waals surface area contributed by atoms with E-state index in [-0.39, 0.29) is 17.9 Å². The number of amides is 1. The molecular formula is C19H28N2O4. The molecule has 0 unspecified atom stereocenters. The maximum Gasteiger partial charge on any atom is 0.324 e. The molecule has 0 saturated carbocycles. The topological polar surface area (TPSA) is 70.1 Å². The number of nitrogens with zero attached hydrogens (tertiary/aromatic N) is 2. The molecule has 0 aliphatic carbocycles. The highest BCUT2D eigenvalue weighted by Crippen LogP contribution is 2.48. The van der Waals surface area contributed by atoms with Gasteiger partial charge in [-0.3, -0.25) is 14.5 Å². The molecule has 1 aliphatic rings. The molecule has 1 amide bonds. The average Bonchev–Trinajstić information content (AvgIpc) is 2.94. The fourth-order valence-corrected chi connectivity index (χ4v) is 3.86. The van der Waals surface area contributed by atoms with Crippen LogP contribution in [0.1, 0.15) is 38.3 Å². The van der Waals surface area contributed by atoms with Crippen molar-refractivity contribution >= 4 is 11.9 Å². The number of hydrogen-bond acceptors (Lipinski definition) is 4. The maximum absolute atomic E-state index is 12.9. The molecule has 138 valence electrons. The Morgan fingerprint density at radius 1 is 1.32 bits per heavy atom. The van der Waals surface area contributed by atoms with Gasteiger partial charge < -0.3 is 14.7 Å². The summed E-state index contributed by atoms with van der Waals surface area (Å²) in [6.45, 7) is 4.38. The number of ether oxygens (including phenoxy) is 1. The van der Waals surface area contributed by atoms with Gasteiger partial charge in [0.1, 0.15) is 11.3 Å². The Bertz CT molecular complexity index is 631. The monoisotopic (exact) mass is 348 g/mol. The smallest absolute Gasteiger partial charge is 0.324 e. The molecule has 6 nitrogen and oxygen atoms in total. The predicted octanol–water partition coefficient (Wildman–Crippen LogP) is 2.40. The van der Waals surface area contributed by atoms with Crippen LogP contribution in [0.25, 0.3) is 0 Å². The number of likely N-dealkylation sites (tertiary alicyclic amines) is 1. The number of aliphatic carboxylic acids is 1. The zero-order valence-corrected chi connectivity index (χ0v) is 15.7. The summed E-state index contributed by atoms with van der Waals surface area (Å²) in [6.07, 6.45) is 0.764. The van der Waals surface area contributed by atoms with Gasteiger partial charge in [-0.15, -0.1) is 0 Å². The lowest BCUT2D eigenvalue weighted by Gasteiger charge is -2.34. The van der Waals surface area contributed by atoms with E-state index in [4.69, 9.17) is 4.74 Å². The van der Waals surface area contributed by atoms with Crippen LogP contribution in [0.2, 0.25) is 0 Å². The number of carbonyl (C=O) groups is 2. The highest BCUT2D eigenvalue weighted by molar-refractivity contribution is 5.85. The van der Waals surface area contributed by atoms with Crippen molar-refractivity contribution in [2.45, 2.75) is 38.3 Å². The molecule has 0 radical (unpaired) electrons. The Morgan fingerprint density at radius 3 is 2.36 bits per heavy atom. The fraction of sp³-hybridized carbons (Fsp3) is 0.579. The quantitative estimate of drug-likeness (QED) is 0.855. The summed E-state index contributed by atoms with van der Waals surface area (Å²) in [5.41, 5.74) is -0.0952. The summed E-state index contributed by atoms with van der Waals surface area (Å²) < 4.78 is 5.21. The second-order valence-corrected chi connectivity index (χ2v) is 6.68. The summed E-state index contributed by atoms with van der Waals surface area (Å²) in [5, 5.41) is 9.89. The van der Waals surface area contributed by atoms with Crippen molar-refractivity contribution in [2.24, 2.45) is 5.92 Å². The standard InChI is InChI=1S/C19H28N2O4/c1-6-19(18(23)24)12-15(17(22)20(3)7-2)16(21(19)4)13-8-10-14(25-5)11-9-13/h8-11,15-16H,6-7,12H2,1-5H3,(H,23,24)/t15-,16-,19-/m1/s1. The number of hydrogen-bond donors (Lipinski definition) is 1. The van der Waals surface area contributed by atoms with Gasteiger partial charge in [0.05, 0.1) is 13.0 Å². The van der Waals surface area contributed by atoms with Gasteiger partial charge in [0.15, 0.2) is 0 Å². The first-order valence-electron chi connectivity index (χ1n) is 8.67. The van der Waals surface area contributed by atoms with E-state index < -0.39 is 11.5 Å². The van der Waals surface area contributed by atoms with Gasteiger partial charge in [-0.1, -0.05) is 19.1 Å². The lowest BCUT2D eigenvalue weighted by molar-refractivity contribution is -0.150. The molecule has 1 saturated heterocycles. The summed E-state index contributed by atoms with van der Waals surface area (Å²) in [5.74, 6) is -0.533.